The fourth-order valence-electron chi connectivity index (χ4n) is 13.3. The van der Waals surface area contributed by atoms with Crippen molar-refractivity contribution >= 4 is 120 Å². The summed E-state index contributed by atoms with van der Waals surface area (Å²) in [6, 6.07) is 75.8. The number of hydrogen-bond acceptors (Lipinski definition) is 5. The van der Waals surface area contributed by atoms with E-state index in [0.717, 1.165) is 50.2 Å². The van der Waals surface area contributed by atoms with Crippen LogP contribution < -0.4 is 14.9 Å². The van der Waals surface area contributed by atoms with Crippen molar-refractivity contribution in [3.63, 3.8) is 0 Å². The van der Waals surface area contributed by atoms with E-state index in [-0.39, 0.29) is 69.3 Å². The second-order valence-electron chi connectivity index (χ2n) is 29.2. The number of para-hydroxylation sites is 4. The van der Waals surface area contributed by atoms with Crippen LogP contribution in [0.4, 0.5) is 0 Å². The molecule has 0 amide bonds. The Kier molecular flexibility index (Phi) is 18.2. The van der Waals surface area contributed by atoms with Gasteiger partial charge >= 0.3 is 42.1 Å². The normalized spacial score (nSPS) is 12.2. The maximum absolute atomic E-state index is 4.91. The molecular weight excluding hydrogens is 1520 g/mol. The molecule has 0 aliphatic heterocycles. The molecule has 476 valence electrons. The summed E-state index contributed by atoms with van der Waals surface area (Å²) in [5.74, 6) is 0. The first-order valence-electron chi connectivity index (χ1n) is 31.9. The van der Waals surface area contributed by atoms with Crippen molar-refractivity contribution < 1.29 is 46.8 Å². The van der Waals surface area contributed by atoms with Crippen LogP contribution in [-0.4, -0.2) is 34.3 Å². The summed E-state index contributed by atoms with van der Waals surface area (Å²) in [6.45, 7) is 32.6. The van der Waals surface area contributed by atoms with Crippen LogP contribution in [0.3, 0.4) is 0 Å². The van der Waals surface area contributed by atoms with Crippen molar-refractivity contribution in [3.05, 3.63) is 241 Å². The van der Waals surface area contributed by atoms with E-state index in [2.05, 4.69) is 325 Å². The fraction of sp³-hybridized carbons (Fsp3) is 0.244. The fourth-order valence-corrected chi connectivity index (χ4v) is 13.3. The maximum Gasteiger partial charge on any atom is 2.00 e. The summed E-state index contributed by atoms with van der Waals surface area (Å²) in [5.41, 5.74) is 10.9. The van der Waals surface area contributed by atoms with Gasteiger partial charge in [0, 0.05) is 55.8 Å². The van der Waals surface area contributed by atoms with Gasteiger partial charge in [-0.05, 0) is 121 Å². The average Bonchev–Trinajstić information content (AvgIpc) is 1.57. The molecule has 0 fully saturated rings. The Bertz CT molecular complexity index is 5240. The molecule has 10 nitrogen and oxygen atoms in total. The third kappa shape index (κ3) is 12.1. The van der Waals surface area contributed by atoms with Gasteiger partial charge in [-0.3, -0.25) is 5.21 Å². The second kappa shape index (κ2) is 25.6. The first-order chi connectivity index (χ1) is 43.9. The molecule has 8 heterocycles. The predicted molar refractivity (Wildman–Crippen MR) is 384 cm³/mol. The zero-order chi connectivity index (χ0) is 64.6. The molecule has 0 unspecified atom stereocenters. The topological polar surface area (TPSA) is 105 Å². The Balaban J connectivity index is 0.000000135. The minimum atomic E-state index is -0.0287. The zero-order valence-corrected chi connectivity index (χ0v) is 60.8. The molecule has 94 heavy (non-hydrogen) atoms. The number of fused-ring (bicyclic) bond motifs is 20. The van der Waals surface area contributed by atoms with E-state index in [1.54, 1.807) is 0 Å². The Morgan fingerprint density at radius 3 is 1.01 bits per heavy atom. The number of rotatable bonds is 0. The largest absolute Gasteiger partial charge is 2.00 e. The van der Waals surface area contributed by atoms with Gasteiger partial charge in [-0.15, -0.1) is 15.9 Å². The Morgan fingerprint density at radius 2 is 0.670 bits per heavy atom. The van der Waals surface area contributed by atoms with Crippen LogP contribution in [0, 0.1) is 12.1 Å². The molecule has 0 N–H and O–H groups in total. The van der Waals surface area contributed by atoms with Crippen molar-refractivity contribution in [1.29, 1.82) is 0 Å². The molecule has 16 aromatic rings. The van der Waals surface area contributed by atoms with Gasteiger partial charge in [0.05, 0.1) is 16.9 Å². The summed E-state index contributed by atoms with van der Waals surface area (Å²) < 4.78 is 6.68. The number of hydrogen-bond donors (Lipinski definition) is 0. The standard InChI is InChI=1S/2C29H17N2.C14H27N3.C10H18N3.2Pt/c2*1-3-11-21-19(9-1)20-10-2-4-12-22(20)26-16-8-18-30-29(26)31-27-17-6-5-13-23(27)25-15-7-14-24(21)28(25)31;1-12(2,3)10-11(13(4,5)6)17(16-15-10)14(7,8)9;1-9(2,3)7-8(10(4,5)6)12-13-11-7;;/h2*1-16,18H;1-9H3;1-6H3;;/q2*-1;;-1;2*+2. The van der Waals surface area contributed by atoms with Crippen LogP contribution >= 0.6 is 0 Å². The molecular formula is C82H79N10Pt2+. The smallest absolute Gasteiger partial charge is 0.354 e. The van der Waals surface area contributed by atoms with Crippen LogP contribution in [-0.2, 0) is 69.3 Å². The van der Waals surface area contributed by atoms with Gasteiger partial charge in [-0.1, -0.05) is 233 Å². The van der Waals surface area contributed by atoms with Crippen LogP contribution in [0.1, 0.15) is 127 Å². The molecule has 0 saturated carbocycles. The minimum Gasteiger partial charge on any atom is -0.354 e. The molecule has 0 aliphatic rings. The molecule has 0 aliphatic carbocycles. The summed E-state index contributed by atoms with van der Waals surface area (Å²) in [7, 11) is 0. The number of nitrogens with zero attached hydrogens (tertiary/aromatic N) is 10. The van der Waals surface area contributed by atoms with Gasteiger partial charge in [0.25, 0.3) is 0 Å². The van der Waals surface area contributed by atoms with Crippen LogP contribution in [0.5, 0.6) is 0 Å². The summed E-state index contributed by atoms with van der Waals surface area (Å²) >= 11 is 0. The number of aromatic nitrogens is 10. The van der Waals surface area contributed by atoms with Crippen LogP contribution in [0.15, 0.2) is 207 Å². The van der Waals surface area contributed by atoms with E-state index in [9.17, 15) is 0 Å². The van der Waals surface area contributed by atoms with Gasteiger partial charge in [0.15, 0.2) is 0 Å². The molecule has 16 rings (SSSR count). The van der Waals surface area contributed by atoms with Crippen molar-refractivity contribution in [1.82, 2.24) is 44.5 Å². The summed E-state index contributed by atoms with van der Waals surface area (Å²) in [4.78, 5) is 9.83. The first kappa shape index (κ1) is 66.8. The van der Waals surface area contributed by atoms with Gasteiger partial charge in [0.1, 0.15) is 11.3 Å². The quantitative estimate of drug-likeness (QED) is 0.110. The van der Waals surface area contributed by atoms with Crippen LogP contribution in [0.2, 0.25) is 0 Å². The summed E-state index contributed by atoms with van der Waals surface area (Å²) in [6.07, 6.45) is 3.77. The maximum atomic E-state index is 4.91. The van der Waals surface area contributed by atoms with Crippen LogP contribution in [0.25, 0.3) is 120 Å². The average molecular weight is 1590 g/mol. The molecule has 0 spiro atoms. The third-order valence-corrected chi connectivity index (χ3v) is 17.3. The number of pyridine rings is 2. The number of benzene rings is 8. The van der Waals surface area contributed by atoms with E-state index in [1.807, 2.05) is 36.7 Å². The van der Waals surface area contributed by atoms with Crippen molar-refractivity contribution in [3.8, 4) is 0 Å². The molecule has 0 saturated heterocycles. The molecule has 0 radical (unpaired) electrons. The van der Waals surface area contributed by atoms with E-state index < -0.39 is 0 Å². The SMILES string of the molecule is CC(C)(C)c1[n-]n[n+](C(C)(C)C)c1C(C)(C)C.CC(C)(C)c1nn[n-]c1C(C)(C)C.[Pt+2].[Pt+2].[c-]1cccc2c3cccc4c5ccccc5c5ccccc5c5cccnc5n(c12)c43.[c-]1cccc2c3cccc4c5ccccc5c5ccccc5c5cccnc5n(c12)c43. The van der Waals surface area contributed by atoms with E-state index in [4.69, 9.17) is 9.97 Å². The van der Waals surface area contributed by atoms with E-state index >= 15 is 0 Å². The Hall–Kier alpha value is -8.68. The molecule has 0 atom stereocenters. The molecule has 8 aromatic carbocycles. The molecule has 0 bridgehead atoms. The van der Waals surface area contributed by atoms with Gasteiger partial charge in [0.2, 0.25) is 0 Å². The molecule has 8 aromatic heterocycles. The van der Waals surface area contributed by atoms with E-state index in [1.165, 1.54) is 92.1 Å². The first-order valence-corrected chi connectivity index (χ1v) is 31.9. The summed E-state index contributed by atoms with van der Waals surface area (Å²) in [5, 5.41) is 40.1. The predicted octanol–water partition coefficient (Wildman–Crippen LogP) is 19.6. The Labute approximate surface area is 579 Å². The monoisotopic (exact) mass is 1590 g/mol. The van der Waals surface area contributed by atoms with E-state index in [0.29, 0.717) is 0 Å². The van der Waals surface area contributed by atoms with Crippen molar-refractivity contribution in [2.45, 2.75) is 131 Å². The second-order valence-corrected chi connectivity index (χ2v) is 29.2. The van der Waals surface area contributed by atoms with Gasteiger partial charge < -0.3 is 19.0 Å². The van der Waals surface area contributed by atoms with Gasteiger partial charge in [-0.25, -0.2) is 14.6 Å². The minimum absolute atomic E-state index is 0. The zero-order valence-electron chi connectivity index (χ0n) is 56.2. The Morgan fingerprint density at radius 1 is 0.340 bits per heavy atom. The molecule has 12 heteroatoms. The third-order valence-electron chi connectivity index (χ3n) is 17.3. The van der Waals surface area contributed by atoms with Crippen molar-refractivity contribution in [2.75, 3.05) is 0 Å². The van der Waals surface area contributed by atoms with Gasteiger partial charge in [-0.2, -0.15) is 48.5 Å². The van der Waals surface area contributed by atoms with Crippen molar-refractivity contribution in [2.24, 2.45) is 0 Å².